The maximum Gasteiger partial charge on any atom is 0.161 e. The van der Waals surface area contributed by atoms with Gasteiger partial charge in [-0.25, -0.2) is 0 Å². The molecule has 18 heavy (non-hydrogen) atoms. The predicted molar refractivity (Wildman–Crippen MR) is 73.3 cm³/mol. The topological polar surface area (TPSA) is 38.7 Å². The summed E-state index contributed by atoms with van der Waals surface area (Å²) in [6.45, 7) is 8.32. The third-order valence-corrected chi connectivity index (χ3v) is 3.03. The van der Waals surface area contributed by atoms with Crippen molar-refractivity contribution < 1.29 is 14.6 Å². The molecule has 1 aromatic rings. The molecule has 0 spiro atoms. The van der Waals surface area contributed by atoms with Gasteiger partial charge in [0.05, 0.1) is 13.2 Å². The van der Waals surface area contributed by atoms with E-state index >= 15 is 0 Å². The van der Waals surface area contributed by atoms with Gasteiger partial charge in [-0.3, -0.25) is 0 Å². The molecule has 0 fully saturated rings. The number of hydrogen-bond acceptors (Lipinski definition) is 3. The van der Waals surface area contributed by atoms with E-state index in [4.69, 9.17) is 9.47 Å². The Bertz CT molecular complexity index is 380. The van der Waals surface area contributed by atoms with E-state index < -0.39 is 6.10 Å². The number of methoxy groups -OCH3 is 1. The highest BCUT2D eigenvalue weighted by molar-refractivity contribution is 5.42. The fourth-order valence-corrected chi connectivity index (χ4v) is 1.47. The van der Waals surface area contributed by atoms with E-state index in [-0.39, 0.29) is 12.0 Å². The van der Waals surface area contributed by atoms with Gasteiger partial charge in [-0.15, -0.1) is 0 Å². The first-order valence-electron chi connectivity index (χ1n) is 6.36. The summed E-state index contributed by atoms with van der Waals surface area (Å²) < 4.78 is 10.9. The van der Waals surface area contributed by atoms with Crippen LogP contribution < -0.4 is 9.47 Å². The third-order valence-electron chi connectivity index (χ3n) is 3.03. The van der Waals surface area contributed by atoms with Crippen molar-refractivity contribution in [3.05, 3.63) is 23.8 Å². The zero-order valence-corrected chi connectivity index (χ0v) is 12.0. The second-order valence-corrected chi connectivity index (χ2v) is 5.53. The summed E-state index contributed by atoms with van der Waals surface area (Å²) in [5, 5.41) is 9.95. The zero-order chi connectivity index (χ0) is 13.8. The molecule has 1 rings (SSSR count). The van der Waals surface area contributed by atoms with E-state index in [9.17, 15) is 5.11 Å². The van der Waals surface area contributed by atoms with Crippen LogP contribution in [0.3, 0.4) is 0 Å². The fraction of sp³-hybridized carbons (Fsp3) is 0.600. The standard InChI is InChI=1S/C15H24O3/c1-6-11-7-8-12(13(9-11)17-5)18-10-14(16)15(2,3)4/h7-9,14,16H,6,10H2,1-5H3. The molecule has 0 bridgehead atoms. The Labute approximate surface area is 110 Å². The van der Waals surface area contributed by atoms with Crippen LogP contribution in [0.5, 0.6) is 11.5 Å². The second-order valence-electron chi connectivity index (χ2n) is 5.53. The summed E-state index contributed by atoms with van der Waals surface area (Å²) in [4.78, 5) is 0. The maximum atomic E-state index is 9.95. The van der Waals surface area contributed by atoms with Gasteiger partial charge in [0.25, 0.3) is 0 Å². The quantitative estimate of drug-likeness (QED) is 0.875. The van der Waals surface area contributed by atoms with Gasteiger partial charge in [-0.1, -0.05) is 33.8 Å². The van der Waals surface area contributed by atoms with Crippen molar-refractivity contribution in [2.75, 3.05) is 13.7 Å². The maximum absolute atomic E-state index is 9.95. The van der Waals surface area contributed by atoms with Crippen molar-refractivity contribution in [1.29, 1.82) is 0 Å². The van der Waals surface area contributed by atoms with Crippen LogP contribution in [-0.2, 0) is 6.42 Å². The first-order valence-corrected chi connectivity index (χ1v) is 6.36. The molecule has 0 radical (unpaired) electrons. The molecule has 0 saturated carbocycles. The smallest absolute Gasteiger partial charge is 0.161 e. The van der Waals surface area contributed by atoms with Crippen LogP contribution in [0.1, 0.15) is 33.3 Å². The van der Waals surface area contributed by atoms with Crippen molar-refractivity contribution in [2.45, 2.75) is 40.2 Å². The molecule has 3 nitrogen and oxygen atoms in total. The highest BCUT2D eigenvalue weighted by atomic mass is 16.5. The predicted octanol–water partition coefficient (Wildman–Crippen LogP) is 3.04. The van der Waals surface area contributed by atoms with E-state index in [0.717, 1.165) is 12.2 Å². The zero-order valence-electron chi connectivity index (χ0n) is 12.0. The molecule has 1 unspecified atom stereocenters. The lowest BCUT2D eigenvalue weighted by Gasteiger charge is -2.26. The number of rotatable bonds is 5. The minimum Gasteiger partial charge on any atom is -0.493 e. The van der Waals surface area contributed by atoms with Gasteiger partial charge in [0.15, 0.2) is 11.5 Å². The van der Waals surface area contributed by atoms with Gasteiger partial charge in [-0.05, 0) is 29.5 Å². The van der Waals surface area contributed by atoms with Gasteiger partial charge in [0, 0.05) is 0 Å². The summed E-state index contributed by atoms with van der Waals surface area (Å²) in [5.74, 6) is 1.40. The summed E-state index contributed by atoms with van der Waals surface area (Å²) in [6, 6.07) is 5.88. The average molecular weight is 252 g/mol. The van der Waals surface area contributed by atoms with Crippen LogP contribution in [0.4, 0.5) is 0 Å². The second kappa shape index (κ2) is 6.10. The number of aliphatic hydroxyl groups excluding tert-OH is 1. The van der Waals surface area contributed by atoms with Crippen LogP contribution in [0.15, 0.2) is 18.2 Å². The minimum atomic E-state index is -0.506. The molecule has 0 amide bonds. The molecule has 1 atom stereocenters. The molecule has 0 saturated heterocycles. The van der Waals surface area contributed by atoms with E-state index in [0.29, 0.717) is 5.75 Å². The van der Waals surface area contributed by atoms with E-state index in [1.807, 2.05) is 39.0 Å². The Balaban J connectivity index is 2.73. The van der Waals surface area contributed by atoms with Crippen LogP contribution in [0.25, 0.3) is 0 Å². The van der Waals surface area contributed by atoms with Crippen LogP contribution in [-0.4, -0.2) is 24.9 Å². The highest BCUT2D eigenvalue weighted by Gasteiger charge is 2.23. The SMILES string of the molecule is CCc1ccc(OCC(O)C(C)(C)C)c(OC)c1. The Hall–Kier alpha value is -1.22. The molecular formula is C15H24O3. The Morgan fingerprint density at radius 2 is 1.89 bits per heavy atom. The molecule has 102 valence electrons. The molecule has 0 aliphatic carbocycles. The van der Waals surface area contributed by atoms with Crippen molar-refractivity contribution in [1.82, 2.24) is 0 Å². The fourth-order valence-electron chi connectivity index (χ4n) is 1.47. The molecule has 0 aliphatic heterocycles. The Morgan fingerprint density at radius 1 is 1.22 bits per heavy atom. The van der Waals surface area contributed by atoms with Crippen molar-refractivity contribution >= 4 is 0 Å². The average Bonchev–Trinajstić information content (AvgIpc) is 2.34. The van der Waals surface area contributed by atoms with E-state index in [1.54, 1.807) is 7.11 Å². The van der Waals surface area contributed by atoms with E-state index in [1.165, 1.54) is 5.56 Å². The number of ether oxygens (including phenoxy) is 2. The molecule has 3 heteroatoms. The largest absolute Gasteiger partial charge is 0.493 e. The third kappa shape index (κ3) is 3.91. The summed E-state index contributed by atoms with van der Waals surface area (Å²) in [7, 11) is 1.63. The summed E-state index contributed by atoms with van der Waals surface area (Å²) in [5.41, 5.74) is 1.02. The lowest BCUT2D eigenvalue weighted by atomic mass is 9.90. The van der Waals surface area contributed by atoms with Crippen LogP contribution in [0.2, 0.25) is 0 Å². The molecule has 1 aromatic carbocycles. The van der Waals surface area contributed by atoms with Gasteiger partial charge in [0.2, 0.25) is 0 Å². The van der Waals surface area contributed by atoms with Gasteiger partial charge in [0.1, 0.15) is 6.61 Å². The molecule has 0 aromatic heterocycles. The van der Waals surface area contributed by atoms with Crippen molar-refractivity contribution in [3.63, 3.8) is 0 Å². The normalized spacial score (nSPS) is 13.2. The highest BCUT2D eigenvalue weighted by Crippen LogP contribution is 2.29. The first kappa shape index (κ1) is 14.8. The number of aliphatic hydroxyl groups is 1. The molecule has 0 aliphatic rings. The van der Waals surface area contributed by atoms with Crippen LogP contribution >= 0.6 is 0 Å². The van der Waals surface area contributed by atoms with Gasteiger partial charge >= 0.3 is 0 Å². The lowest BCUT2D eigenvalue weighted by molar-refractivity contribution is 0.0211. The lowest BCUT2D eigenvalue weighted by Crippen LogP contribution is -2.31. The van der Waals surface area contributed by atoms with Crippen molar-refractivity contribution in [3.8, 4) is 11.5 Å². The van der Waals surface area contributed by atoms with Crippen molar-refractivity contribution in [2.24, 2.45) is 5.41 Å². The summed E-state index contributed by atoms with van der Waals surface area (Å²) in [6.07, 6.45) is 0.453. The Morgan fingerprint density at radius 3 is 2.39 bits per heavy atom. The monoisotopic (exact) mass is 252 g/mol. The molecular weight excluding hydrogens is 228 g/mol. The number of aryl methyl sites for hydroxylation is 1. The first-order chi connectivity index (χ1) is 8.38. The summed E-state index contributed by atoms with van der Waals surface area (Å²) >= 11 is 0. The van der Waals surface area contributed by atoms with Crippen LogP contribution in [0, 0.1) is 5.41 Å². The molecule has 0 heterocycles. The van der Waals surface area contributed by atoms with Gasteiger partial charge in [-0.2, -0.15) is 0 Å². The minimum absolute atomic E-state index is 0.184. The number of hydrogen-bond donors (Lipinski definition) is 1. The number of benzene rings is 1. The van der Waals surface area contributed by atoms with E-state index in [2.05, 4.69) is 6.92 Å². The molecule has 1 N–H and O–H groups in total. The van der Waals surface area contributed by atoms with Gasteiger partial charge < -0.3 is 14.6 Å². The Kier molecular flexibility index (Phi) is 5.03.